The third-order valence-electron chi connectivity index (χ3n) is 3.81. The van der Waals surface area contributed by atoms with E-state index in [-0.39, 0.29) is 0 Å². The fraction of sp³-hybridized carbons (Fsp3) is 0.800. The molecule has 0 atom stereocenters. The highest BCUT2D eigenvalue weighted by Gasteiger charge is 2.93. The molecular weight excluding hydrogens is 535 g/mol. The van der Waals surface area contributed by atoms with E-state index >= 15 is 0 Å². The number of halogens is 17. The average molecular weight is 546 g/mol. The number of esters is 1. The van der Waals surface area contributed by atoms with E-state index in [9.17, 15) is 79.4 Å². The molecule has 0 saturated carbocycles. The topological polar surface area (TPSA) is 26.3 Å². The predicted octanol–water partition coefficient (Wildman–Crippen LogP) is 7.10. The molecule has 0 fully saturated rings. The van der Waals surface area contributed by atoms with E-state index in [0.29, 0.717) is 0 Å². The second-order valence-corrected chi connectivity index (χ2v) is 6.98. The van der Waals surface area contributed by atoms with E-state index < -0.39 is 78.3 Å². The number of carbonyl (C=O) groups is 1. The molecule has 0 aromatic heterocycles. The van der Waals surface area contributed by atoms with Gasteiger partial charge in [-0.3, -0.25) is 0 Å². The van der Waals surface area contributed by atoms with Crippen LogP contribution in [0.3, 0.4) is 0 Å². The molecule has 0 amide bonds. The Bertz CT molecular complexity index is 774. The molecule has 0 aliphatic carbocycles. The Kier molecular flexibility index (Phi) is 8.70. The molecule has 0 aliphatic heterocycles. The van der Waals surface area contributed by atoms with Crippen molar-refractivity contribution < 1.29 is 84.2 Å². The van der Waals surface area contributed by atoms with Gasteiger partial charge in [0, 0.05) is 0 Å². The molecule has 2 nitrogen and oxygen atoms in total. The summed E-state index contributed by atoms with van der Waals surface area (Å²) in [4.78, 5) is 11.3. The molecule has 34 heavy (non-hydrogen) atoms. The third-order valence-corrected chi connectivity index (χ3v) is 3.81. The van der Waals surface area contributed by atoms with Crippen molar-refractivity contribution in [3.8, 4) is 0 Å². The highest BCUT2D eigenvalue weighted by molar-refractivity contribution is 5.88. The van der Waals surface area contributed by atoms with Crippen LogP contribution in [0.25, 0.3) is 0 Å². The summed E-state index contributed by atoms with van der Waals surface area (Å²) in [6.45, 7) is 1.60. The Morgan fingerprint density at radius 3 is 1.32 bits per heavy atom. The zero-order valence-electron chi connectivity index (χ0n) is 16.2. The minimum absolute atomic E-state index is 0.713. The molecule has 19 heteroatoms. The summed E-state index contributed by atoms with van der Waals surface area (Å²) in [5.41, 5.74) is -2.82. The Morgan fingerprint density at radius 1 is 0.647 bits per heavy atom. The first-order chi connectivity index (χ1) is 14.6. The summed E-state index contributed by atoms with van der Waals surface area (Å²) in [5, 5.41) is 0. The van der Waals surface area contributed by atoms with Crippen LogP contribution in [0.15, 0.2) is 11.7 Å². The molecular formula is C15H11F17O2. The van der Waals surface area contributed by atoms with E-state index in [1.165, 1.54) is 13.8 Å². The van der Waals surface area contributed by atoms with Gasteiger partial charge in [0.05, 0.1) is 13.0 Å². The quantitative estimate of drug-likeness (QED) is 0.166. The number of hydrogen-bond acceptors (Lipinski definition) is 2. The molecule has 202 valence electrons. The van der Waals surface area contributed by atoms with Gasteiger partial charge < -0.3 is 4.74 Å². The van der Waals surface area contributed by atoms with Gasteiger partial charge in [-0.15, -0.1) is 0 Å². The van der Waals surface area contributed by atoms with Crippen molar-refractivity contribution in [1.82, 2.24) is 0 Å². The smallest absolute Gasteiger partial charge is 0.460 e. The second kappa shape index (κ2) is 9.23. The summed E-state index contributed by atoms with van der Waals surface area (Å²) in [5.74, 6) is -51.9. The fourth-order valence-electron chi connectivity index (χ4n) is 1.88. The lowest BCUT2D eigenvalue weighted by Gasteiger charge is -2.41. The van der Waals surface area contributed by atoms with E-state index in [1.807, 2.05) is 0 Å². The van der Waals surface area contributed by atoms with Gasteiger partial charge in [0.2, 0.25) is 0 Å². The minimum Gasteiger partial charge on any atom is -0.462 e. The molecule has 0 aliphatic rings. The van der Waals surface area contributed by atoms with E-state index in [0.717, 1.165) is 0 Å². The summed E-state index contributed by atoms with van der Waals surface area (Å²) in [6, 6.07) is 0. The van der Waals surface area contributed by atoms with Crippen LogP contribution in [0.5, 0.6) is 0 Å². The third kappa shape index (κ3) is 5.16. The van der Waals surface area contributed by atoms with Crippen LogP contribution in [0.1, 0.15) is 20.3 Å². The average Bonchev–Trinajstić information content (AvgIpc) is 2.62. The molecule has 0 unspecified atom stereocenters. The number of alkyl halides is 15. The van der Waals surface area contributed by atoms with Crippen molar-refractivity contribution in [2.75, 3.05) is 6.61 Å². The Balaban J connectivity index is 6.51. The first kappa shape index (κ1) is 32.0. The molecule has 0 bridgehead atoms. The first-order valence-corrected chi connectivity index (χ1v) is 8.18. The predicted molar refractivity (Wildman–Crippen MR) is 75.4 cm³/mol. The molecule has 0 saturated heterocycles. The van der Waals surface area contributed by atoms with Gasteiger partial charge >= 0.3 is 47.7 Å². The van der Waals surface area contributed by atoms with Crippen molar-refractivity contribution in [2.45, 2.75) is 62.0 Å². The van der Waals surface area contributed by atoms with Crippen LogP contribution in [-0.4, -0.2) is 54.3 Å². The molecule has 0 aromatic carbocycles. The number of rotatable bonds is 10. The van der Waals surface area contributed by atoms with Crippen molar-refractivity contribution in [2.24, 2.45) is 5.92 Å². The van der Waals surface area contributed by atoms with Crippen LogP contribution in [0.4, 0.5) is 74.6 Å². The molecule has 0 rings (SSSR count). The summed E-state index contributed by atoms with van der Waals surface area (Å²) in [7, 11) is 0. The summed E-state index contributed by atoms with van der Waals surface area (Å²) >= 11 is 0. The lowest BCUT2D eigenvalue weighted by atomic mass is 9.89. The monoisotopic (exact) mass is 546 g/mol. The van der Waals surface area contributed by atoms with Crippen molar-refractivity contribution >= 4 is 5.97 Å². The molecule has 0 aromatic rings. The summed E-state index contributed by atoms with van der Waals surface area (Å²) < 4.78 is 225. The van der Waals surface area contributed by atoms with Crippen LogP contribution in [0, 0.1) is 5.92 Å². The minimum atomic E-state index is -8.55. The maximum atomic E-state index is 13.7. The fourth-order valence-corrected chi connectivity index (χ4v) is 1.88. The van der Waals surface area contributed by atoms with Gasteiger partial charge in [0.15, 0.2) is 0 Å². The highest BCUT2D eigenvalue weighted by Crippen LogP contribution is 2.62. The van der Waals surface area contributed by atoms with Crippen molar-refractivity contribution in [3.63, 3.8) is 0 Å². The largest absolute Gasteiger partial charge is 0.462 e. The van der Waals surface area contributed by atoms with Gasteiger partial charge in [-0.25, -0.2) is 4.79 Å². The number of ether oxygens (including phenoxy) is 1. The SMILES string of the molecule is CC(C)COC(=O)C(CC(F)(F)C(F)(F)C(F)(F)C(F)(F)C(F)(F)C(F)(F)C(F)(F)F)=C(F)F. The Hall–Kier alpha value is -1.98. The lowest BCUT2D eigenvalue weighted by Crippen LogP contribution is -2.72. The standard InChI is InChI=1S/C15H11F17O2/c1-5(2)4-34-8(33)6(7(16)17)3-9(18,19)10(20,21)11(22,23)12(24,25)13(26,27)14(28,29)15(30,31)32/h5H,3-4H2,1-2H3. The number of hydrogen-bond donors (Lipinski definition) is 0. The van der Waals surface area contributed by atoms with Crippen molar-refractivity contribution in [1.29, 1.82) is 0 Å². The summed E-state index contributed by atoms with van der Waals surface area (Å²) in [6.07, 6.45) is -15.0. The van der Waals surface area contributed by atoms with Gasteiger partial charge in [0.25, 0.3) is 6.08 Å². The molecule has 0 radical (unpaired) electrons. The van der Waals surface area contributed by atoms with Gasteiger partial charge in [-0.05, 0) is 5.92 Å². The van der Waals surface area contributed by atoms with Crippen molar-refractivity contribution in [3.05, 3.63) is 11.7 Å². The molecule has 0 N–H and O–H groups in total. The first-order valence-electron chi connectivity index (χ1n) is 8.18. The highest BCUT2D eigenvalue weighted by atomic mass is 19.4. The Labute approximate surface area is 177 Å². The van der Waals surface area contributed by atoms with E-state index in [1.54, 1.807) is 0 Å². The van der Waals surface area contributed by atoms with Gasteiger partial charge in [0.1, 0.15) is 5.57 Å². The molecule has 0 heterocycles. The Morgan fingerprint density at radius 2 is 1.00 bits per heavy atom. The second-order valence-electron chi connectivity index (χ2n) is 6.98. The van der Waals surface area contributed by atoms with Crippen LogP contribution in [-0.2, 0) is 9.53 Å². The normalized spacial score (nSPS) is 14.9. The maximum absolute atomic E-state index is 13.7. The van der Waals surface area contributed by atoms with Crippen LogP contribution in [0.2, 0.25) is 0 Å². The molecule has 0 spiro atoms. The number of carbonyl (C=O) groups excluding carboxylic acids is 1. The zero-order chi connectivity index (χ0) is 27.9. The lowest BCUT2D eigenvalue weighted by molar-refractivity contribution is -0.452. The zero-order valence-corrected chi connectivity index (χ0v) is 16.2. The maximum Gasteiger partial charge on any atom is 0.460 e. The van der Waals surface area contributed by atoms with Gasteiger partial charge in [-0.1, -0.05) is 13.8 Å². The van der Waals surface area contributed by atoms with Gasteiger partial charge in [-0.2, -0.15) is 74.6 Å². The van der Waals surface area contributed by atoms with E-state index in [4.69, 9.17) is 0 Å². The van der Waals surface area contributed by atoms with E-state index in [2.05, 4.69) is 4.74 Å². The van der Waals surface area contributed by atoms with Crippen LogP contribution >= 0.6 is 0 Å². The van der Waals surface area contributed by atoms with Crippen LogP contribution < -0.4 is 0 Å².